The molecule has 1 amide bonds. The van der Waals surface area contributed by atoms with Gasteiger partial charge in [0, 0.05) is 17.7 Å². The molecule has 3 nitrogen and oxygen atoms in total. The summed E-state index contributed by atoms with van der Waals surface area (Å²) in [5, 5.41) is 4.13. The molecule has 25 heavy (non-hydrogen) atoms. The summed E-state index contributed by atoms with van der Waals surface area (Å²) in [6.07, 6.45) is 0. The van der Waals surface area contributed by atoms with Crippen LogP contribution < -0.4 is 5.32 Å². The Labute approximate surface area is 156 Å². The van der Waals surface area contributed by atoms with Crippen LogP contribution in [0.5, 0.6) is 0 Å². The minimum absolute atomic E-state index is 0.0748. The van der Waals surface area contributed by atoms with Gasteiger partial charge in [-0.05, 0) is 17.7 Å². The van der Waals surface area contributed by atoms with Crippen molar-refractivity contribution in [2.24, 2.45) is 0 Å². The molecular weight excluding hydrogens is 348 g/mol. The van der Waals surface area contributed by atoms with Gasteiger partial charge in [-0.3, -0.25) is 4.79 Å². The Morgan fingerprint density at radius 1 is 1.12 bits per heavy atom. The van der Waals surface area contributed by atoms with Gasteiger partial charge >= 0.3 is 0 Å². The van der Waals surface area contributed by atoms with E-state index in [2.05, 4.69) is 42.3 Å². The molecule has 0 radical (unpaired) electrons. The van der Waals surface area contributed by atoms with Crippen LogP contribution in [0.2, 0.25) is 0 Å². The number of nitrogens with zero attached hydrogens (tertiary/aromatic N) is 1. The second kappa shape index (κ2) is 8.02. The van der Waals surface area contributed by atoms with Gasteiger partial charge in [0.25, 0.3) is 0 Å². The number of para-hydroxylation sites is 1. The average molecular weight is 371 g/mol. The highest BCUT2D eigenvalue weighted by Gasteiger charge is 2.20. The number of hydrogen-bond acceptors (Lipinski definition) is 4. The van der Waals surface area contributed by atoms with Crippen molar-refractivity contribution < 1.29 is 4.79 Å². The Hall–Kier alpha value is -1.85. The number of carbonyl (C=O) groups excluding carboxylic acids is 1. The van der Waals surface area contributed by atoms with Crippen LogP contribution in [-0.2, 0) is 16.0 Å². The summed E-state index contributed by atoms with van der Waals surface area (Å²) in [7, 11) is 0. The minimum Gasteiger partial charge on any atom is -0.355 e. The zero-order valence-electron chi connectivity index (χ0n) is 14.5. The molecule has 0 aliphatic rings. The Balaban J connectivity index is 1.45. The maximum Gasteiger partial charge on any atom is 0.230 e. The summed E-state index contributed by atoms with van der Waals surface area (Å²) in [5.41, 5.74) is 2.20. The number of hydrogen-bond donors (Lipinski definition) is 1. The van der Waals surface area contributed by atoms with Gasteiger partial charge in [-0.1, -0.05) is 56.3 Å². The van der Waals surface area contributed by atoms with Crippen molar-refractivity contribution in [3.8, 4) is 0 Å². The zero-order valence-corrected chi connectivity index (χ0v) is 16.1. The first-order valence-corrected chi connectivity index (χ1v) is 10.3. The molecule has 0 aliphatic carbocycles. The number of benzene rings is 2. The summed E-state index contributed by atoms with van der Waals surface area (Å²) >= 11 is 3.31. The molecular formula is C20H22N2OS2. The first-order chi connectivity index (χ1) is 12.0. The first-order valence-electron chi connectivity index (χ1n) is 8.29. The lowest BCUT2D eigenvalue weighted by Crippen LogP contribution is -2.37. The zero-order chi connectivity index (χ0) is 17.7. The maximum absolute atomic E-state index is 12.1. The van der Waals surface area contributed by atoms with E-state index in [4.69, 9.17) is 0 Å². The van der Waals surface area contributed by atoms with Gasteiger partial charge in [0.15, 0.2) is 0 Å². The standard InChI is InChI=1S/C20H22N2OS2/c1-20(2,15-8-4-3-5-9-15)14-21-18(23)12-24-13-19-22-16-10-6-7-11-17(16)25-19/h3-11H,12-14H2,1-2H3,(H,21,23). The Bertz CT molecular complexity index is 810. The maximum atomic E-state index is 12.1. The van der Waals surface area contributed by atoms with Crippen molar-refractivity contribution in [3.05, 3.63) is 65.2 Å². The molecule has 130 valence electrons. The van der Waals surface area contributed by atoms with E-state index < -0.39 is 0 Å². The number of thioether (sulfide) groups is 1. The highest BCUT2D eigenvalue weighted by Crippen LogP contribution is 2.25. The third-order valence-corrected chi connectivity index (χ3v) is 6.24. The van der Waals surface area contributed by atoms with E-state index in [1.54, 1.807) is 23.1 Å². The molecule has 0 bridgehead atoms. The highest BCUT2D eigenvalue weighted by molar-refractivity contribution is 7.99. The van der Waals surface area contributed by atoms with Crippen LogP contribution in [0.4, 0.5) is 0 Å². The second-order valence-electron chi connectivity index (χ2n) is 6.59. The number of aromatic nitrogens is 1. The lowest BCUT2D eigenvalue weighted by molar-refractivity contribution is -0.118. The summed E-state index contributed by atoms with van der Waals surface area (Å²) in [4.78, 5) is 16.7. The smallest absolute Gasteiger partial charge is 0.230 e. The van der Waals surface area contributed by atoms with Gasteiger partial charge in [0.1, 0.15) is 5.01 Å². The molecule has 1 N–H and O–H groups in total. The topological polar surface area (TPSA) is 42.0 Å². The highest BCUT2D eigenvalue weighted by atomic mass is 32.2. The average Bonchev–Trinajstić information content (AvgIpc) is 3.03. The summed E-state index contributed by atoms with van der Waals surface area (Å²) in [6, 6.07) is 18.4. The third-order valence-electron chi connectivity index (χ3n) is 4.08. The van der Waals surface area contributed by atoms with Crippen LogP contribution in [-0.4, -0.2) is 23.2 Å². The molecule has 0 unspecified atom stereocenters. The normalized spacial score (nSPS) is 11.6. The molecule has 3 aromatic rings. The fourth-order valence-corrected chi connectivity index (χ4v) is 4.45. The Morgan fingerprint density at radius 3 is 2.60 bits per heavy atom. The largest absolute Gasteiger partial charge is 0.355 e. The van der Waals surface area contributed by atoms with Crippen molar-refractivity contribution in [1.82, 2.24) is 10.3 Å². The second-order valence-corrected chi connectivity index (χ2v) is 8.70. The summed E-state index contributed by atoms with van der Waals surface area (Å²) in [6.45, 7) is 4.94. The third kappa shape index (κ3) is 4.83. The van der Waals surface area contributed by atoms with Crippen LogP contribution in [0, 0.1) is 0 Å². The molecule has 0 saturated heterocycles. The molecule has 0 fully saturated rings. The van der Waals surface area contributed by atoms with Crippen LogP contribution in [0.15, 0.2) is 54.6 Å². The van der Waals surface area contributed by atoms with E-state index in [1.165, 1.54) is 10.3 Å². The molecule has 3 rings (SSSR count). The number of thiazole rings is 1. The van der Waals surface area contributed by atoms with Crippen LogP contribution in [0.3, 0.4) is 0 Å². The minimum atomic E-state index is -0.0748. The fraction of sp³-hybridized carbons (Fsp3) is 0.300. The molecule has 1 aromatic heterocycles. The van der Waals surface area contributed by atoms with E-state index in [1.807, 2.05) is 36.4 Å². The molecule has 1 heterocycles. The lowest BCUT2D eigenvalue weighted by atomic mass is 9.85. The van der Waals surface area contributed by atoms with Gasteiger partial charge in [-0.2, -0.15) is 0 Å². The monoisotopic (exact) mass is 370 g/mol. The van der Waals surface area contributed by atoms with Gasteiger partial charge in [-0.15, -0.1) is 23.1 Å². The molecule has 2 aromatic carbocycles. The molecule has 5 heteroatoms. The Kier molecular flexibility index (Phi) is 5.76. The van der Waals surface area contributed by atoms with Crippen LogP contribution in [0.1, 0.15) is 24.4 Å². The van der Waals surface area contributed by atoms with E-state index in [-0.39, 0.29) is 11.3 Å². The number of fused-ring (bicyclic) bond motifs is 1. The van der Waals surface area contributed by atoms with Crippen molar-refractivity contribution in [1.29, 1.82) is 0 Å². The van der Waals surface area contributed by atoms with E-state index >= 15 is 0 Å². The number of amides is 1. The first kappa shape index (κ1) is 18.0. The van der Waals surface area contributed by atoms with Crippen LogP contribution in [0.25, 0.3) is 10.2 Å². The van der Waals surface area contributed by atoms with E-state index in [0.29, 0.717) is 12.3 Å². The van der Waals surface area contributed by atoms with Crippen molar-refractivity contribution in [3.63, 3.8) is 0 Å². The van der Waals surface area contributed by atoms with Gasteiger partial charge in [0.05, 0.1) is 16.0 Å². The predicted octanol–water partition coefficient (Wildman–Crippen LogP) is 4.62. The number of rotatable bonds is 7. The van der Waals surface area contributed by atoms with Crippen LogP contribution >= 0.6 is 23.1 Å². The molecule has 0 saturated carbocycles. The predicted molar refractivity (Wildman–Crippen MR) is 108 cm³/mol. The molecule has 0 atom stereocenters. The van der Waals surface area contributed by atoms with E-state index in [9.17, 15) is 4.79 Å². The van der Waals surface area contributed by atoms with E-state index in [0.717, 1.165) is 16.3 Å². The van der Waals surface area contributed by atoms with Gasteiger partial charge in [-0.25, -0.2) is 4.98 Å². The number of nitrogens with one attached hydrogen (secondary N) is 1. The Morgan fingerprint density at radius 2 is 1.84 bits per heavy atom. The van der Waals surface area contributed by atoms with Gasteiger partial charge < -0.3 is 5.32 Å². The lowest BCUT2D eigenvalue weighted by Gasteiger charge is -2.25. The quantitative estimate of drug-likeness (QED) is 0.660. The SMILES string of the molecule is CC(C)(CNC(=O)CSCc1nc2ccccc2s1)c1ccccc1. The van der Waals surface area contributed by atoms with Gasteiger partial charge in [0.2, 0.25) is 5.91 Å². The summed E-state index contributed by atoms with van der Waals surface area (Å²) in [5.74, 6) is 1.31. The van der Waals surface area contributed by atoms with Crippen molar-refractivity contribution in [2.75, 3.05) is 12.3 Å². The van der Waals surface area contributed by atoms with Crippen molar-refractivity contribution >= 4 is 39.2 Å². The fourth-order valence-electron chi connectivity index (χ4n) is 2.57. The summed E-state index contributed by atoms with van der Waals surface area (Å²) < 4.78 is 1.20. The number of carbonyl (C=O) groups is 1. The van der Waals surface area contributed by atoms with Crippen molar-refractivity contribution in [2.45, 2.75) is 25.0 Å². The molecule has 0 aliphatic heterocycles. The molecule has 0 spiro atoms.